The van der Waals surface area contributed by atoms with E-state index in [9.17, 15) is 9.59 Å². The van der Waals surface area contributed by atoms with E-state index in [2.05, 4.69) is 5.32 Å². The van der Waals surface area contributed by atoms with Gasteiger partial charge >= 0.3 is 12.0 Å². The maximum absolute atomic E-state index is 11.8. The van der Waals surface area contributed by atoms with E-state index in [1.807, 2.05) is 37.3 Å². The van der Waals surface area contributed by atoms with Crippen molar-refractivity contribution < 1.29 is 14.7 Å². The second kappa shape index (κ2) is 6.64. The lowest BCUT2D eigenvalue weighted by Crippen LogP contribution is -2.39. The summed E-state index contributed by atoms with van der Waals surface area (Å²) in [5, 5.41) is 11.4. The van der Waals surface area contributed by atoms with E-state index >= 15 is 0 Å². The van der Waals surface area contributed by atoms with Gasteiger partial charge in [0.15, 0.2) is 0 Å². The fraction of sp³-hybridized carbons (Fsp3) is 0.385. The molecule has 0 aliphatic rings. The first-order chi connectivity index (χ1) is 8.50. The average molecular weight is 250 g/mol. The molecule has 98 valence electrons. The molecule has 0 spiro atoms. The Kier molecular flexibility index (Phi) is 5.17. The van der Waals surface area contributed by atoms with Crippen LogP contribution in [0.15, 0.2) is 30.3 Å². The van der Waals surface area contributed by atoms with Gasteiger partial charge in [0.1, 0.15) is 0 Å². The van der Waals surface area contributed by atoms with Crippen LogP contribution in [0.5, 0.6) is 0 Å². The van der Waals surface area contributed by atoms with Crippen LogP contribution in [0.1, 0.15) is 24.9 Å². The van der Waals surface area contributed by atoms with E-state index in [4.69, 9.17) is 5.11 Å². The zero-order valence-electron chi connectivity index (χ0n) is 10.6. The van der Waals surface area contributed by atoms with Gasteiger partial charge < -0.3 is 15.3 Å². The molecule has 0 aliphatic carbocycles. The number of hydrogen-bond donors (Lipinski definition) is 2. The molecule has 2 N–H and O–H groups in total. The molecule has 0 saturated heterocycles. The molecule has 18 heavy (non-hydrogen) atoms. The normalized spacial score (nSPS) is 11.7. The minimum Gasteiger partial charge on any atom is -0.481 e. The molecule has 0 aliphatic heterocycles. The number of nitrogens with zero attached hydrogens (tertiary/aromatic N) is 1. The number of rotatable bonds is 5. The Labute approximate surface area is 106 Å². The number of carbonyl (C=O) groups excluding carboxylic acids is 1. The summed E-state index contributed by atoms with van der Waals surface area (Å²) in [5.74, 6) is -0.911. The average Bonchev–Trinajstić information content (AvgIpc) is 2.36. The number of hydrogen-bond acceptors (Lipinski definition) is 2. The Bertz CT molecular complexity index is 406. The van der Waals surface area contributed by atoms with Crippen molar-refractivity contribution in [1.82, 2.24) is 10.2 Å². The van der Waals surface area contributed by atoms with Crippen molar-refractivity contribution in [2.45, 2.75) is 19.4 Å². The monoisotopic (exact) mass is 250 g/mol. The highest BCUT2D eigenvalue weighted by Gasteiger charge is 2.13. The van der Waals surface area contributed by atoms with E-state index in [0.29, 0.717) is 0 Å². The molecule has 0 fully saturated rings. The fourth-order valence-electron chi connectivity index (χ4n) is 1.49. The Balaban J connectivity index is 2.46. The van der Waals surface area contributed by atoms with E-state index in [0.717, 1.165) is 5.56 Å². The maximum atomic E-state index is 11.8. The first-order valence-electron chi connectivity index (χ1n) is 5.79. The number of carboxylic acid groups (broad SMARTS) is 1. The summed E-state index contributed by atoms with van der Waals surface area (Å²) in [5.41, 5.74) is 1.01. The highest BCUT2D eigenvalue weighted by molar-refractivity contribution is 5.75. The van der Waals surface area contributed by atoms with E-state index in [1.165, 1.54) is 4.90 Å². The van der Waals surface area contributed by atoms with Gasteiger partial charge in [0.25, 0.3) is 0 Å². The van der Waals surface area contributed by atoms with Crippen molar-refractivity contribution in [3.63, 3.8) is 0 Å². The molecule has 0 heterocycles. The summed E-state index contributed by atoms with van der Waals surface area (Å²) in [4.78, 5) is 23.5. The Morgan fingerprint density at radius 1 is 1.33 bits per heavy atom. The second-order valence-electron chi connectivity index (χ2n) is 4.15. The van der Waals surface area contributed by atoms with Crippen molar-refractivity contribution in [3.05, 3.63) is 35.9 Å². The molecule has 1 aromatic rings. The van der Waals surface area contributed by atoms with Crippen molar-refractivity contribution in [3.8, 4) is 0 Å². The SMILES string of the molecule is C[C@@H](NC(=O)N(C)CCC(=O)O)c1ccccc1. The molecule has 5 heteroatoms. The van der Waals surface area contributed by atoms with Gasteiger partial charge in [0, 0.05) is 13.6 Å². The van der Waals surface area contributed by atoms with Crippen LogP contribution >= 0.6 is 0 Å². The number of aliphatic carboxylic acids is 1. The van der Waals surface area contributed by atoms with Crippen LogP contribution in [0, 0.1) is 0 Å². The molecule has 0 radical (unpaired) electrons. The molecule has 0 aromatic heterocycles. The lowest BCUT2D eigenvalue weighted by Gasteiger charge is -2.21. The van der Waals surface area contributed by atoms with Gasteiger partial charge in [-0.3, -0.25) is 4.79 Å². The molecule has 0 unspecified atom stereocenters. The van der Waals surface area contributed by atoms with Crippen molar-refractivity contribution in [2.24, 2.45) is 0 Å². The topological polar surface area (TPSA) is 69.6 Å². The van der Waals surface area contributed by atoms with Gasteiger partial charge in [-0.05, 0) is 12.5 Å². The van der Waals surface area contributed by atoms with Gasteiger partial charge in [-0.2, -0.15) is 0 Å². The molecular weight excluding hydrogens is 232 g/mol. The predicted octanol–water partition coefficient (Wildman–Crippen LogP) is 1.86. The third kappa shape index (κ3) is 4.45. The van der Waals surface area contributed by atoms with Crippen LogP contribution < -0.4 is 5.32 Å². The molecule has 0 saturated carbocycles. The number of nitrogens with one attached hydrogen (secondary N) is 1. The van der Waals surface area contributed by atoms with E-state index in [-0.39, 0.29) is 25.0 Å². The van der Waals surface area contributed by atoms with Crippen molar-refractivity contribution in [2.75, 3.05) is 13.6 Å². The summed E-state index contributed by atoms with van der Waals surface area (Å²) in [6.45, 7) is 2.08. The zero-order valence-corrected chi connectivity index (χ0v) is 10.6. The van der Waals surface area contributed by atoms with Gasteiger partial charge in [0.2, 0.25) is 0 Å². The Morgan fingerprint density at radius 2 is 1.94 bits per heavy atom. The minimum absolute atomic E-state index is 0.0519. The number of carbonyl (C=O) groups is 2. The van der Waals surface area contributed by atoms with Crippen LogP contribution in [0.25, 0.3) is 0 Å². The third-order valence-corrected chi connectivity index (χ3v) is 2.65. The fourth-order valence-corrected chi connectivity index (χ4v) is 1.49. The molecule has 5 nitrogen and oxygen atoms in total. The lowest BCUT2D eigenvalue weighted by molar-refractivity contribution is -0.137. The van der Waals surface area contributed by atoms with Crippen LogP contribution in [-0.2, 0) is 4.79 Å². The van der Waals surface area contributed by atoms with Gasteiger partial charge in [0.05, 0.1) is 12.5 Å². The van der Waals surface area contributed by atoms with Crippen molar-refractivity contribution in [1.29, 1.82) is 0 Å². The highest BCUT2D eigenvalue weighted by Crippen LogP contribution is 2.11. The van der Waals surface area contributed by atoms with Gasteiger partial charge in [-0.25, -0.2) is 4.79 Å². The minimum atomic E-state index is -0.911. The van der Waals surface area contributed by atoms with E-state index < -0.39 is 5.97 Å². The first kappa shape index (κ1) is 14.0. The molecule has 2 amide bonds. The summed E-state index contributed by atoms with van der Waals surface area (Å²) in [6.07, 6.45) is -0.0519. The smallest absolute Gasteiger partial charge is 0.317 e. The summed E-state index contributed by atoms with van der Waals surface area (Å²) in [6, 6.07) is 9.22. The predicted molar refractivity (Wildman–Crippen MR) is 68.3 cm³/mol. The number of carboxylic acids is 1. The van der Waals surface area contributed by atoms with Crippen LogP contribution in [0.4, 0.5) is 4.79 Å². The summed E-state index contributed by atoms with van der Waals surface area (Å²) >= 11 is 0. The first-order valence-corrected chi connectivity index (χ1v) is 5.79. The van der Waals surface area contributed by atoms with Crippen molar-refractivity contribution >= 4 is 12.0 Å². The lowest BCUT2D eigenvalue weighted by atomic mass is 10.1. The van der Waals surface area contributed by atoms with Crippen LogP contribution in [-0.4, -0.2) is 35.6 Å². The standard InChI is InChI=1S/C13H18N2O3/c1-10(11-6-4-3-5-7-11)14-13(18)15(2)9-8-12(16)17/h3-7,10H,8-9H2,1-2H3,(H,14,18)(H,16,17)/t10-/m1/s1. The van der Waals surface area contributed by atoms with Crippen LogP contribution in [0.3, 0.4) is 0 Å². The zero-order chi connectivity index (χ0) is 13.5. The highest BCUT2D eigenvalue weighted by atomic mass is 16.4. The van der Waals surface area contributed by atoms with Gasteiger partial charge in [-0.15, -0.1) is 0 Å². The van der Waals surface area contributed by atoms with Crippen LogP contribution in [0.2, 0.25) is 0 Å². The largest absolute Gasteiger partial charge is 0.481 e. The molecule has 1 atom stereocenters. The number of amides is 2. The summed E-state index contributed by atoms with van der Waals surface area (Å²) < 4.78 is 0. The van der Waals surface area contributed by atoms with E-state index in [1.54, 1.807) is 7.05 Å². The number of urea groups is 1. The Hall–Kier alpha value is -2.04. The number of benzene rings is 1. The summed E-state index contributed by atoms with van der Waals surface area (Å²) in [7, 11) is 1.58. The third-order valence-electron chi connectivity index (χ3n) is 2.65. The quantitative estimate of drug-likeness (QED) is 0.838. The molecule has 1 aromatic carbocycles. The molecule has 1 rings (SSSR count). The molecule has 0 bridgehead atoms. The maximum Gasteiger partial charge on any atom is 0.317 e. The Morgan fingerprint density at radius 3 is 2.50 bits per heavy atom. The molecular formula is C13H18N2O3. The van der Waals surface area contributed by atoms with Gasteiger partial charge in [-0.1, -0.05) is 30.3 Å². The second-order valence-corrected chi connectivity index (χ2v) is 4.15.